The van der Waals surface area contributed by atoms with E-state index in [2.05, 4.69) is 315 Å². The summed E-state index contributed by atoms with van der Waals surface area (Å²) in [6.07, 6.45) is 8.33. The minimum atomic E-state index is -0.117. The number of para-hydroxylation sites is 4. The van der Waals surface area contributed by atoms with E-state index in [1.165, 1.54) is 60.8 Å². The number of fused-ring (bicyclic) bond motifs is 14. The fraction of sp³-hybridized carbons (Fsp3) is 0.233. The monoisotopic (exact) mass is 1390 g/mol. The molecule has 0 N–H and O–H groups in total. The molecule has 5 heterocycles. The summed E-state index contributed by atoms with van der Waals surface area (Å²) in [5, 5.41) is 4.62. The van der Waals surface area contributed by atoms with Crippen LogP contribution in [0.4, 0.5) is 0 Å². The summed E-state index contributed by atoms with van der Waals surface area (Å²) in [5.74, 6) is 1.97. The second kappa shape index (κ2) is 21.5. The summed E-state index contributed by atoms with van der Waals surface area (Å²) < 4.78 is 16.3. The maximum absolute atomic E-state index is 7.02. The van der Waals surface area contributed by atoms with Crippen LogP contribution in [-0.2, 0) is 48.1 Å². The SMILES string of the molecule is CC(C)(C)c1cc(-c2cccc3c2-[n+]2[c-]n(-c4[c-]c(Oc5[c-]c6c(cc5)c5ccccc5n6-c5cc(C(C)(C)C)ccn5)ccc4)c4cc(-n5c6ccccc6c6ccccc65)cc(c42)-c2ccccc2-c2cc4c(cc2-3)C(C)(C)CCC4(C)C)cc(C(C)(C)C)c1.[Pt]. The molecule has 464 valence electrons. The quantitative estimate of drug-likeness (QED) is 0.123. The van der Waals surface area contributed by atoms with E-state index in [1.54, 1.807) is 0 Å². The van der Waals surface area contributed by atoms with Gasteiger partial charge in [0.15, 0.2) is 0 Å². The van der Waals surface area contributed by atoms with Crippen molar-refractivity contribution >= 4 is 54.6 Å². The van der Waals surface area contributed by atoms with Gasteiger partial charge in [-0.15, -0.1) is 29.7 Å². The number of hydrogen-bond acceptors (Lipinski definition) is 2. The molecule has 2 aliphatic rings. The normalized spacial score (nSPS) is 14.3. The number of imidazole rings is 1. The Balaban J connectivity index is 0.00000716. The molecule has 4 aromatic heterocycles. The number of aromatic nitrogens is 5. The molecule has 93 heavy (non-hydrogen) atoms. The first-order valence-corrected chi connectivity index (χ1v) is 32.7. The molecule has 16 rings (SSSR count). The molecule has 0 radical (unpaired) electrons. The van der Waals surface area contributed by atoms with Crippen molar-refractivity contribution in [2.24, 2.45) is 0 Å². The van der Waals surface area contributed by atoms with Gasteiger partial charge in [-0.3, -0.25) is 4.57 Å². The molecule has 0 spiro atoms. The van der Waals surface area contributed by atoms with Gasteiger partial charge in [0.2, 0.25) is 0 Å². The molecular formula is C86H77N5OPt-2. The number of benzene rings is 10. The van der Waals surface area contributed by atoms with Crippen molar-refractivity contribution in [2.75, 3.05) is 0 Å². The molecule has 7 heteroatoms. The van der Waals surface area contributed by atoms with E-state index in [4.69, 9.17) is 9.72 Å². The molecule has 0 fully saturated rings. The maximum Gasteiger partial charge on any atom is 0.268 e. The maximum atomic E-state index is 7.02. The smallest absolute Gasteiger partial charge is 0.268 e. The van der Waals surface area contributed by atoms with Crippen LogP contribution >= 0.6 is 0 Å². The van der Waals surface area contributed by atoms with Crippen LogP contribution < -0.4 is 9.30 Å². The molecule has 0 amide bonds. The van der Waals surface area contributed by atoms with Gasteiger partial charge in [-0.2, -0.15) is 18.2 Å². The Morgan fingerprint density at radius 1 is 0.441 bits per heavy atom. The number of ether oxygens (including phenoxy) is 1. The molecule has 0 saturated carbocycles. The van der Waals surface area contributed by atoms with E-state index < -0.39 is 0 Å². The summed E-state index contributed by atoms with van der Waals surface area (Å²) in [6.45, 7) is 30.6. The van der Waals surface area contributed by atoms with Crippen molar-refractivity contribution in [1.29, 1.82) is 0 Å². The number of nitrogens with zero attached hydrogens (tertiary/aromatic N) is 5. The van der Waals surface area contributed by atoms with Gasteiger partial charge >= 0.3 is 0 Å². The third-order valence-corrected chi connectivity index (χ3v) is 20.2. The molecule has 10 aromatic carbocycles. The molecule has 0 unspecified atom stereocenters. The van der Waals surface area contributed by atoms with Gasteiger partial charge in [0.1, 0.15) is 5.82 Å². The Labute approximate surface area is 561 Å². The van der Waals surface area contributed by atoms with Gasteiger partial charge in [-0.25, -0.2) is 4.98 Å². The molecule has 0 saturated heterocycles. The van der Waals surface area contributed by atoms with Crippen LogP contribution in [0.25, 0.3) is 122 Å². The Kier molecular flexibility index (Phi) is 13.9. The molecule has 14 aromatic rings. The van der Waals surface area contributed by atoms with Gasteiger partial charge in [-0.1, -0.05) is 217 Å². The van der Waals surface area contributed by atoms with Crippen molar-refractivity contribution in [2.45, 2.75) is 130 Å². The summed E-state index contributed by atoms with van der Waals surface area (Å²) >= 11 is 0. The first kappa shape index (κ1) is 60.2. The minimum Gasteiger partial charge on any atom is -0.510 e. The number of hydrogen-bond donors (Lipinski definition) is 0. The van der Waals surface area contributed by atoms with E-state index in [0.717, 1.165) is 102 Å². The van der Waals surface area contributed by atoms with E-state index in [9.17, 15) is 0 Å². The third kappa shape index (κ3) is 9.84. The second-order valence-corrected chi connectivity index (χ2v) is 30.4. The van der Waals surface area contributed by atoms with Crippen molar-refractivity contribution in [1.82, 2.24) is 18.7 Å². The Bertz CT molecular complexity index is 5310. The van der Waals surface area contributed by atoms with Crippen LogP contribution in [-0.4, -0.2) is 18.7 Å². The van der Waals surface area contributed by atoms with Crippen molar-refractivity contribution < 1.29 is 30.4 Å². The van der Waals surface area contributed by atoms with Crippen molar-refractivity contribution in [3.05, 3.63) is 253 Å². The number of pyridine rings is 1. The molecular weight excluding hydrogens is 1310 g/mol. The minimum absolute atomic E-state index is 0. The summed E-state index contributed by atoms with van der Waals surface area (Å²) in [6, 6.07) is 82.0. The summed E-state index contributed by atoms with van der Waals surface area (Å²) in [5.41, 5.74) is 24.8. The van der Waals surface area contributed by atoms with E-state index in [-0.39, 0.29) is 48.1 Å². The Morgan fingerprint density at radius 3 is 1.59 bits per heavy atom. The van der Waals surface area contributed by atoms with Crippen molar-refractivity contribution in [3.63, 3.8) is 0 Å². The standard InChI is InChI=1S/C86H77N5O.Pt/c1-82(2,3)54-38-41-87-79(45-54)91-76-35-21-18-30-66(76)67-37-36-60(49-77(67)91)92-59-25-22-24-57(46-59)88-52-89-80-61(53-42-55(83(4,5)6)44-56(43-53)84(7,8)9)31-23-32-68(80)70-51-73-72(85(10,11)39-40-86(73,12)13)50-69(70)62-26-14-15-27-63(62)71-47-58(48-78(88)81(71)89)90-74-33-19-16-28-64(74)65-29-17-20-34-75(65)90;/h14-38,41-45,47-48,50-51H,39-40H2,1-13H3;/q-2;. The van der Waals surface area contributed by atoms with Crippen LogP contribution in [0.1, 0.15) is 131 Å². The predicted molar refractivity (Wildman–Crippen MR) is 381 cm³/mol. The molecule has 0 atom stereocenters. The predicted octanol–water partition coefficient (Wildman–Crippen LogP) is 21.9. The second-order valence-electron chi connectivity index (χ2n) is 30.4. The Morgan fingerprint density at radius 2 is 0.968 bits per heavy atom. The molecule has 0 bridgehead atoms. The van der Waals surface area contributed by atoms with E-state index in [0.29, 0.717) is 11.5 Å². The first-order chi connectivity index (χ1) is 44.0. The first-order valence-electron chi connectivity index (χ1n) is 32.7. The fourth-order valence-corrected chi connectivity index (χ4v) is 14.9. The van der Waals surface area contributed by atoms with E-state index >= 15 is 0 Å². The molecule has 1 aliphatic heterocycles. The topological polar surface area (TPSA) is 40.8 Å². The van der Waals surface area contributed by atoms with Crippen LogP contribution in [0.15, 0.2) is 206 Å². The number of rotatable bonds is 6. The zero-order valence-electron chi connectivity index (χ0n) is 55.5. The van der Waals surface area contributed by atoms with Crippen LogP contribution in [0.5, 0.6) is 11.5 Å². The average Bonchev–Trinajstić information content (AvgIpc) is 1.63. The third-order valence-electron chi connectivity index (χ3n) is 20.2. The van der Waals surface area contributed by atoms with Gasteiger partial charge < -0.3 is 18.4 Å². The van der Waals surface area contributed by atoms with Crippen LogP contribution in [0.2, 0.25) is 0 Å². The average molecular weight is 1390 g/mol. The van der Waals surface area contributed by atoms with E-state index in [1.807, 2.05) is 18.3 Å². The van der Waals surface area contributed by atoms with Gasteiger partial charge in [-0.05, 0) is 172 Å². The van der Waals surface area contributed by atoms with Gasteiger partial charge in [0, 0.05) is 60.7 Å². The van der Waals surface area contributed by atoms with Gasteiger partial charge in [0.05, 0.1) is 27.8 Å². The van der Waals surface area contributed by atoms with Crippen LogP contribution in [0.3, 0.4) is 0 Å². The summed E-state index contributed by atoms with van der Waals surface area (Å²) in [7, 11) is 0. The van der Waals surface area contributed by atoms with Crippen LogP contribution in [0, 0.1) is 18.5 Å². The fourth-order valence-electron chi connectivity index (χ4n) is 14.9. The molecule has 6 nitrogen and oxygen atoms in total. The van der Waals surface area contributed by atoms with Crippen molar-refractivity contribution in [3.8, 4) is 78.9 Å². The zero-order valence-corrected chi connectivity index (χ0v) is 57.8. The van der Waals surface area contributed by atoms with Gasteiger partial charge in [0.25, 0.3) is 6.33 Å². The zero-order chi connectivity index (χ0) is 63.5. The summed E-state index contributed by atoms with van der Waals surface area (Å²) in [4.78, 5) is 4.97. The Hall–Kier alpha value is -9.09. The largest absolute Gasteiger partial charge is 0.510 e. The molecule has 1 aliphatic carbocycles.